The smallest absolute Gasteiger partial charge is 0.292 e. The lowest BCUT2D eigenvalue weighted by Gasteiger charge is -2.39. The van der Waals surface area contributed by atoms with E-state index in [0.717, 1.165) is 19.3 Å². The molecule has 2 rings (SSSR count). The summed E-state index contributed by atoms with van der Waals surface area (Å²) in [6, 6.07) is 6.68. The van der Waals surface area contributed by atoms with Gasteiger partial charge in [-0.1, -0.05) is 26.7 Å². The van der Waals surface area contributed by atoms with Crippen molar-refractivity contribution in [2.45, 2.75) is 45.6 Å². The molecule has 0 amide bonds. The van der Waals surface area contributed by atoms with Crippen LogP contribution in [-0.2, 0) is 0 Å². The molecule has 1 N–H and O–H groups in total. The zero-order chi connectivity index (χ0) is 14.8. The highest BCUT2D eigenvalue weighted by Gasteiger charge is 2.33. The Hall–Kier alpha value is -2.09. The lowest BCUT2D eigenvalue weighted by Crippen LogP contribution is -2.39. The van der Waals surface area contributed by atoms with Gasteiger partial charge in [0, 0.05) is 12.1 Å². The van der Waals surface area contributed by atoms with Gasteiger partial charge in [-0.3, -0.25) is 10.1 Å². The van der Waals surface area contributed by atoms with Crippen molar-refractivity contribution in [2.75, 3.05) is 5.32 Å². The molecule has 1 aromatic rings. The van der Waals surface area contributed by atoms with E-state index in [1.54, 1.807) is 6.07 Å². The summed E-state index contributed by atoms with van der Waals surface area (Å²) in [6.07, 6.45) is 4.44. The number of hydrogen-bond acceptors (Lipinski definition) is 4. The van der Waals surface area contributed by atoms with Crippen LogP contribution in [0.3, 0.4) is 0 Å². The summed E-state index contributed by atoms with van der Waals surface area (Å²) in [7, 11) is 0. The third kappa shape index (κ3) is 2.90. The van der Waals surface area contributed by atoms with E-state index in [-0.39, 0.29) is 17.1 Å². The normalized spacial score (nSPS) is 20.9. The molecule has 1 unspecified atom stereocenters. The summed E-state index contributed by atoms with van der Waals surface area (Å²) < 4.78 is 0. The van der Waals surface area contributed by atoms with E-state index in [0.29, 0.717) is 11.3 Å². The molecule has 1 fully saturated rings. The molecule has 0 heterocycles. The number of nitro groups is 1. The third-order valence-corrected chi connectivity index (χ3v) is 4.16. The van der Waals surface area contributed by atoms with Gasteiger partial charge in [-0.05, 0) is 30.4 Å². The molecule has 0 radical (unpaired) electrons. The van der Waals surface area contributed by atoms with Gasteiger partial charge in [-0.2, -0.15) is 5.26 Å². The topological polar surface area (TPSA) is 79.0 Å². The number of nitro benzene ring substituents is 1. The molecule has 106 valence electrons. The van der Waals surface area contributed by atoms with Crippen molar-refractivity contribution in [3.8, 4) is 6.07 Å². The first-order valence-electron chi connectivity index (χ1n) is 6.89. The van der Waals surface area contributed by atoms with Crippen molar-refractivity contribution in [2.24, 2.45) is 5.41 Å². The van der Waals surface area contributed by atoms with Gasteiger partial charge in [0.05, 0.1) is 16.6 Å². The Balaban J connectivity index is 2.32. The molecule has 0 aromatic heterocycles. The van der Waals surface area contributed by atoms with Crippen LogP contribution in [0.5, 0.6) is 0 Å². The van der Waals surface area contributed by atoms with Gasteiger partial charge in [0.2, 0.25) is 0 Å². The highest BCUT2D eigenvalue weighted by Crippen LogP contribution is 2.38. The van der Waals surface area contributed by atoms with Crippen LogP contribution < -0.4 is 5.32 Å². The monoisotopic (exact) mass is 273 g/mol. The zero-order valence-electron chi connectivity index (χ0n) is 11.8. The molecule has 0 spiro atoms. The van der Waals surface area contributed by atoms with Crippen molar-refractivity contribution < 1.29 is 4.92 Å². The molecular weight excluding hydrogens is 254 g/mol. The summed E-state index contributed by atoms with van der Waals surface area (Å²) in [4.78, 5) is 10.7. The van der Waals surface area contributed by atoms with Crippen molar-refractivity contribution >= 4 is 11.4 Å². The number of anilines is 1. The summed E-state index contributed by atoms with van der Waals surface area (Å²) in [5.74, 6) is 0. The lowest BCUT2D eigenvalue weighted by molar-refractivity contribution is -0.384. The Labute approximate surface area is 118 Å². The summed E-state index contributed by atoms with van der Waals surface area (Å²) in [5.41, 5.74) is 1.03. The van der Waals surface area contributed by atoms with Gasteiger partial charge in [-0.15, -0.1) is 0 Å². The molecular formula is C15H19N3O2. The summed E-state index contributed by atoms with van der Waals surface area (Å²) in [5, 5.41) is 23.4. The van der Waals surface area contributed by atoms with Crippen molar-refractivity contribution in [3.05, 3.63) is 33.9 Å². The predicted octanol–water partition coefficient (Wildman–Crippen LogP) is 3.85. The van der Waals surface area contributed by atoms with Crippen LogP contribution in [0.15, 0.2) is 18.2 Å². The quantitative estimate of drug-likeness (QED) is 0.670. The standard InChI is InChI=1S/C15H19N3O2/c1-15(2)8-4-3-5-14(15)17-12-9-11(10-16)6-7-13(12)18(19)20/h6-7,9,14,17H,3-5,8H2,1-2H3. The van der Waals surface area contributed by atoms with Gasteiger partial charge in [-0.25, -0.2) is 0 Å². The highest BCUT2D eigenvalue weighted by molar-refractivity contribution is 5.65. The van der Waals surface area contributed by atoms with Gasteiger partial charge in [0.15, 0.2) is 0 Å². The van der Waals surface area contributed by atoms with Crippen LogP contribution in [0.2, 0.25) is 0 Å². The maximum Gasteiger partial charge on any atom is 0.292 e. The Morgan fingerprint density at radius 3 is 2.80 bits per heavy atom. The fourth-order valence-electron chi connectivity index (χ4n) is 2.83. The molecule has 1 atom stereocenters. The summed E-state index contributed by atoms with van der Waals surface area (Å²) >= 11 is 0. The van der Waals surface area contributed by atoms with Crippen LogP contribution >= 0.6 is 0 Å². The van der Waals surface area contributed by atoms with Crippen molar-refractivity contribution in [1.29, 1.82) is 5.26 Å². The second-order valence-electron chi connectivity index (χ2n) is 6.03. The van der Waals surface area contributed by atoms with E-state index in [1.165, 1.54) is 18.6 Å². The van der Waals surface area contributed by atoms with E-state index in [2.05, 4.69) is 19.2 Å². The molecule has 5 heteroatoms. The average molecular weight is 273 g/mol. The number of nitrogens with one attached hydrogen (secondary N) is 1. The average Bonchev–Trinajstić information content (AvgIpc) is 2.40. The fraction of sp³-hybridized carbons (Fsp3) is 0.533. The van der Waals surface area contributed by atoms with Crippen molar-refractivity contribution in [1.82, 2.24) is 0 Å². The number of rotatable bonds is 3. The van der Waals surface area contributed by atoms with Crippen LogP contribution in [0.4, 0.5) is 11.4 Å². The minimum Gasteiger partial charge on any atom is -0.376 e. The largest absolute Gasteiger partial charge is 0.376 e. The first-order chi connectivity index (χ1) is 9.44. The first-order valence-corrected chi connectivity index (χ1v) is 6.89. The van der Waals surface area contributed by atoms with Crippen molar-refractivity contribution in [3.63, 3.8) is 0 Å². The molecule has 20 heavy (non-hydrogen) atoms. The Kier molecular flexibility index (Phi) is 3.93. The molecule has 1 aromatic carbocycles. The van der Waals surface area contributed by atoms with E-state index in [1.807, 2.05) is 6.07 Å². The summed E-state index contributed by atoms with van der Waals surface area (Å²) in [6.45, 7) is 4.37. The second-order valence-corrected chi connectivity index (χ2v) is 6.03. The Morgan fingerprint density at radius 1 is 1.45 bits per heavy atom. The maximum atomic E-state index is 11.1. The van der Waals surface area contributed by atoms with Gasteiger partial charge in [0.25, 0.3) is 5.69 Å². The SMILES string of the molecule is CC1(C)CCCCC1Nc1cc(C#N)ccc1[N+](=O)[O-]. The number of nitriles is 1. The minimum atomic E-state index is -0.403. The number of hydrogen-bond donors (Lipinski definition) is 1. The predicted molar refractivity (Wildman–Crippen MR) is 77.5 cm³/mol. The van der Waals surface area contributed by atoms with Crippen LogP contribution in [0.1, 0.15) is 45.1 Å². The fourth-order valence-corrected chi connectivity index (χ4v) is 2.83. The van der Waals surface area contributed by atoms with Gasteiger partial charge >= 0.3 is 0 Å². The molecule has 1 aliphatic carbocycles. The number of benzene rings is 1. The molecule has 0 bridgehead atoms. The van der Waals surface area contributed by atoms with Gasteiger partial charge < -0.3 is 5.32 Å². The van der Waals surface area contributed by atoms with E-state index in [4.69, 9.17) is 5.26 Å². The second kappa shape index (κ2) is 5.49. The molecule has 0 aliphatic heterocycles. The number of nitrogens with zero attached hydrogens (tertiary/aromatic N) is 2. The lowest BCUT2D eigenvalue weighted by atomic mass is 9.73. The Morgan fingerprint density at radius 2 is 2.20 bits per heavy atom. The highest BCUT2D eigenvalue weighted by atomic mass is 16.6. The van der Waals surface area contributed by atoms with Crippen LogP contribution in [-0.4, -0.2) is 11.0 Å². The molecule has 1 aliphatic rings. The minimum absolute atomic E-state index is 0.0328. The zero-order valence-corrected chi connectivity index (χ0v) is 11.8. The van der Waals surface area contributed by atoms with Crippen LogP contribution in [0.25, 0.3) is 0 Å². The van der Waals surface area contributed by atoms with Crippen LogP contribution in [0, 0.1) is 26.9 Å². The molecule has 0 saturated heterocycles. The molecule has 5 nitrogen and oxygen atoms in total. The third-order valence-electron chi connectivity index (χ3n) is 4.16. The Bertz CT molecular complexity index is 561. The molecule has 1 saturated carbocycles. The van der Waals surface area contributed by atoms with E-state index >= 15 is 0 Å². The van der Waals surface area contributed by atoms with Gasteiger partial charge in [0.1, 0.15) is 5.69 Å². The van der Waals surface area contributed by atoms with E-state index in [9.17, 15) is 10.1 Å². The maximum absolute atomic E-state index is 11.1. The van der Waals surface area contributed by atoms with E-state index < -0.39 is 4.92 Å². The first kappa shape index (κ1) is 14.3.